The van der Waals surface area contributed by atoms with Gasteiger partial charge in [0.2, 0.25) is 5.91 Å². The number of hydrogen-bond acceptors (Lipinski definition) is 5. The third kappa shape index (κ3) is 4.09. The zero-order valence-corrected chi connectivity index (χ0v) is 13.2. The van der Waals surface area contributed by atoms with E-state index in [0.29, 0.717) is 13.1 Å². The highest BCUT2D eigenvalue weighted by Gasteiger charge is 2.27. The van der Waals surface area contributed by atoms with Crippen LogP contribution >= 0.6 is 0 Å². The molecule has 126 valence electrons. The van der Waals surface area contributed by atoms with Crippen LogP contribution in [0.5, 0.6) is 0 Å². The van der Waals surface area contributed by atoms with E-state index >= 15 is 0 Å². The molecule has 0 radical (unpaired) electrons. The molecule has 0 saturated carbocycles. The SMILES string of the molecule is O=C(NCC(=O)N1CCC(n2ccnn2)C1)OCc1ccccc1. The van der Waals surface area contributed by atoms with Gasteiger partial charge in [-0.05, 0) is 12.0 Å². The Labute approximate surface area is 139 Å². The van der Waals surface area contributed by atoms with Crippen LogP contribution in [0, 0.1) is 0 Å². The summed E-state index contributed by atoms with van der Waals surface area (Å²) in [4.78, 5) is 25.5. The van der Waals surface area contributed by atoms with Crippen LogP contribution in [0.4, 0.5) is 4.79 Å². The normalized spacial score (nSPS) is 16.8. The molecule has 1 N–H and O–H groups in total. The van der Waals surface area contributed by atoms with Gasteiger partial charge in [-0.1, -0.05) is 35.5 Å². The number of carbonyl (C=O) groups is 2. The molecule has 1 aliphatic heterocycles. The summed E-state index contributed by atoms with van der Waals surface area (Å²) in [5, 5.41) is 10.2. The monoisotopic (exact) mass is 329 g/mol. The minimum absolute atomic E-state index is 0.0717. The van der Waals surface area contributed by atoms with Gasteiger partial charge in [0.25, 0.3) is 0 Å². The van der Waals surface area contributed by atoms with Crippen LogP contribution in [0.3, 0.4) is 0 Å². The van der Waals surface area contributed by atoms with Crippen molar-refractivity contribution in [2.75, 3.05) is 19.6 Å². The minimum Gasteiger partial charge on any atom is -0.445 e. The third-order valence-corrected chi connectivity index (χ3v) is 3.93. The predicted octanol–water partition coefficient (Wildman–Crippen LogP) is 0.978. The molecule has 1 fully saturated rings. The molecule has 1 atom stereocenters. The molecule has 2 aromatic rings. The van der Waals surface area contributed by atoms with Gasteiger partial charge in [0.05, 0.1) is 12.2 Å². The van der Waals surface area contributed by atoms with Crippen molar-refractivity contribution >= 4 is 12.0 Å². The maximum atomic E-state index is 12.1. The highest BCUT2D eigenvalue weighted by atomic mass is 16.5. The zero-order valence-electron chi connectivity index (χ0n) is 13.2. The smallest absolute Gasteiger partial charge is 0.407 e. The number of nitrogens with one attached hydrogen (secondary N) is 1. The van der Waals surface area contributed by atoms with Gasteiger partial charge in [0.15, 0.2) is 0 Å². The van der Waals surface area contributed by atoms with Crippen molar-refractivity contribution in [2.45, 2.75) is 19.1 Å². The summed E-state index contributed by atoms with van der Waals surface area (Å²) in [5.41, 5.74) is 0.897. The van der Waals surface area contributed by atoms with Gasteiger partial charge in [0.1, 0.15) is 13.2 Å². The van der Waals surface area contributed by atoms with Gasteiger partial charge in [-0.2, -0.15) is 0 Å². The summed E-state index contributed by atoms with van der Waals surface area (Å²) >= 11 is 0. The molecular weight excluding hydrogens is 310 g/mol. The van der Waals surface area contributed by atoms with Crippen LogP contribution in [-0.2, 0) is 16.1 Å². The molecule has 1 unspecified atom stereocenters. The number of nitrogens with zero attached hydrogens (tertiary/aromatic N) is 4. The number of benzene rings is 1. The summed E-state index contributed by atoms with van der Waals surface area (Å²) in [6.45, 7) is 1.32. The zero-order chi connectivity index (χ0) is 16.8. The van der Waals surface area contributed by atoms with Crippen molar-refractivity contribution in [3.8, 4) is 0 Å². The molecular formula is C16H19N5O3. The first-order chi connectivity index (χ1) is 11.7. The number of aromatic nitrogens is 3. The average molecular weight is 329 g/mol. The van der Waals surface area contributed by atoms with E-state index in [1.807, 2.05) is 30.3 Å². The number of carbonyl (C=O) groups excluding carboxylic acids is 2. The lowest BCUT2D eigenvalue weighted by atomic mass is 10.2. The van der Waals surface area contributed by atoms with Gasteiger partial charge in [-0.25, -0.2) is 9.48 Å². The molecule has 8 nitrogen and oxygen atoms in total. The largest absolute Gasteiger partial charge is 0.445 e. The highest BCUT2D eigenvalue weighted by Crippen LogP contribution is 2.19. The lowest BCUT2D eigenvalue weighted by molar-refractivity contribution is -0.129. The minimum atomic E-state index is -0.598. The average Bonchev–Trinajstić information content (AvgIpc) is 3.29. The van der Waals surface area contributed by atoms with E-state index in [2.05, 4.69) is 15.6 Å². The van der Waals surface area contributed by atoms with E-state index in [0.717, 1.165) is 12.0 Å². The van der Waals surface area contributed by atoms with E-state index in [-0.39, 0.29) is 25.1 Å². The standard InChI is InChI=1S/C16H19N5O3/c22-15(20-8-6-14(11-20)21-9-7-18-19-21)10-17-16(23)24-12-13-4-2-1-3-5-13/h1-5,7,9,14H,6,8,10-12H2,(H,17,23). The summed E-state index contributed by atoms with van der Waals surface area (Å²) in [6, 6.07) is 9.52. The Morgan fingerprint density at radius 3 is 2.88 bits per heavy atom. The quantitative estimate of drug-likeness (QED) is 0.883. The van der Waals surface area contributed by atoms with Gasteiger partial charge in [-0.3, -0.25) is 4.79 Å². The fourth-order valence-corrected chi connectivity index (χ4v) is 2.63. The Kier molecular flexibility index (Phi) is 5.05. The molecule has 0 bridgehead atoms. The Hall–Kier alpha value is -2.90. The van der Waals surface area contributed by atoms with Crippen molar-refractivity contribution in [1.29, 1.82) is 0 Å². The van der Waals surface area contributed by atoms with Crippen LogP contribution in [0.15, 0.2) is 42.7 Å². The number of rotatable bonds is 5. The van der Waals surface area contributed by atoms with Crippen molar-refractivity contribution in [1.82, 2.24) is 25.2 Å². The molecule has 1 aromatic heterocycles. The third-order valence-electron chi connectivity index (χ3n) is 3.93. The van der Waals surface area contributed by atoms with E-state index in [4.69, 9.17) is 4.74 Å². The lowest BCUT2D eigenvalue weighted by Crippen LogP contribution is -2.39. The molecule has 2 heterocycles. The number of amides is 2. The second-order valence-corrected chi connectivity index (χ2v) is 5.58. The molecule has 1 aliphatic rings. The van der Waals surface area contributed by atoms with Crippen LogP contribution in [0.25, 0.3) is 0 Å². The summed E-state index contributed by atoms with van der Waals surface area (Å²) < 4.78 is 6.84. The second kappa shape index (κ2) is 7.58. The van der Waals surface area contributed by atoms with Gasteiger partial charge < -0.3 is 15.0 Å². The van der Waals surface area contributed by atoms with Crippen LogP contribution in [-0.4, -0.2) is 51.5 Å². The Morgan fingerprint density at radius 2 is 2.12 bits per heavy atom. The summed E-state index contributed by atoms with van der Waals surface area (Å²) in [7, 11) is 0. The highest BCUT2D eigenvalue weighted by molar-refractivity contribution is 5.82. The van der Waals surface area contributed by atoms with Gasteiger partial charge >= 0.3 is 6.09 Å². The van der Waals surface area contributed by atoms with Crippen LogP contribution in [0.1, 0.15) is 18.0 Å². The van der Waals surface area contributed by atoms with Crippen molar-refractivity contribution < 1.29 is 14.3 Å². The van der Waals surface area contributed by atoms with Crippen LogP contribution in [0.2, 0.25) is 0 Å². The number of hydrogen-bond donors (Lipinski definition) is 1. The summed E-state index contributed by atoms with van der Waals surface area (Å²) in [6.07, 6.45) is 3.64. The van der Waals surface area contributed by atoms with E-state index in [1.54, 1.807) is 22.0 Å². The fraction of sp³-hybridized carbons (Fsp3) is 0.375. The molecule has 0 aliphatic carbocycles. The number of likely N-dealkylation sites (tertiary alicyclic amines) is 1. The number of ether oxygens (including phenoxy) is 1. The molecule has 3 rings (SSSR count). The maximum Gasteiger partial charge on any atom is 0.407 e. The van der Waals surface area contributed by atoms with Crippen molar-refractivity contribution in [3.05, 3.63) is 48.3 Å². The van der Waals surface area contributed by atoms with E-state index in [1.165, 1.54) is 0 Å². The Bertz CT molecular complexity index is 674. The second-order valence-electron chi connectivity index (χ2n) is 5.58. The molecule has 1 saturated heterocycles. The predicted molar refractivity (Wildman–Crippen MR) is 84.9 cm³/mol. The number of alkyl carbamates (subject to hydrolysis) is 1. The first-order valence-electron chi connectivity index (χ1n) is 7.80. The molecule has 24 heavy (non-hydrogen) atoms. The van der Waals surface area contributed by atoms with Gasteiger partial charge in [0, 0.05) is 19.3 Å². The molecule has 8 heteroatoms. The Morgan fingerprint density at radius 1 is 1.29 bits per heavy atom. The van der Waals surface area contributed by atoms with Crippen LogP contribution < -0.4 is 5.32 Å². The van der Waals surface area contributed by atoms with Gasteiger partial charge in [-0.15, -0.1) is 5.10 Å². The maximum absolute atomic E-state index is 12.1. The summed E-state index contributed by atoms with van der Waals surface area (Å²) in [5.74, 6) is -0.130. The first-order valence-corrected chi connectivity index (χ1v) is 7.80. The molecule has 2 amide bonds. The molecule has 0 spiro atoms. The van der Waals surface area contributed by atoms with Crippen molar-refractivity contribution in [3.63, 3.8) is 0 Å². The molecule has 1 aromatic carbocycles. The first kappa shape index (κ1) is 16.0. The lowest BCUT2D eigenvalue weighted by Gasteiger charge is -2.16. The van der Waals surface area contributed by atoms with Crippen molar-refractivity contribution in [2.24, 2.45) is 0 Å². The van der Waals surface area contributed by atoms with E-state index < -0.39 is 6.09 Å². The topological polar surface area (TPSA) is 89.4 Å². The Balaban J connectivity index is 1.38. The van der Waals surface area contributed by atoms with E-state index in [9.17, 15) is 9.59 Å². The fourth-order valence-electron chi connectivity index (χ4n) is 2.63.